The zero-order valence-electron chi connectivity index (χ0n) is 9.51. The van der Waals surface area contributed by atoms with Crippen molar-refractivity contribution in [2.24, 2.45) is 5.92 Å². The normalized spacial score (nSPS) is 15.5. The Kier molecular flexibility index (Phi) is 3.51. The minimum Gasteiger partial charge on any atom is -0.353 e. The number of H-pyrrole nitrogens is 1. The van der Waals surface area contributed by atoms with Crippen LogP contribution in [0.15, 0.2) is 4.79 Å². The van der Waals surface area contributed by atoms with Gasteiger partial charge in [0.15, 0.2) is 0 Å². The van der Waals surface area contributed by atoms with Crippen LogP contribution in [0, 0.1) is 9.49 Å². The van der Waals surface area contributed by atoms with Gasteiger partial charge in [-0.2, -0.15) is 0 Å². The first kappa shape index (κ1) is 11.9. The van der Waals surface area contributed by atoms with Gasteiger partial charge in [-0.25, -0.2) is 4.98 Å². The van der Waals surface area contributed by atoms with E-state index in [4.69, 9.17) is 0 Å². The van der Waals surface area contributed by atoms with E-state index in [9.17, 15) is 4.79 Å². The van der Waals surface area contributed by atoms with Crippen LogP contribution in [0.25, 0.3) is 0 Å². The van der Waals surface area contributed by atoms with Crippen LogP contribution in [0.4, 0.5) is 5.95 Å². The van der Waals surface area contributed by atoms with Crippen LogP contribution in [0.2, 0.25) is 0 Å². The van der Waals surface area contributed by atoms with Crippen molar-refractivity contribution in [3.8, 4) is 0 Å². The van der Waals surface area contributed by atoms with Crippen LogP contribution in [0.3, 0.4) is 0 Å². The third-order valence-corrected chi connectivity index (χ3v) is 3.56. The maximum absolute atomic E-state index is 11.7. The quantitative estimate of drug-likeness (QED) is 0.830. The Labute approximate surface area is 108 Å². The van der Waals surface area contributed by atoms with E-state index < -0.39 is 0 Å². The summed E-state index contributed by atoms with van der Waals surface area (Å²) in [5, 5.41) is 3.23. The number of hydrogen-bond acceptors (Lipinski definition) is 3. The van der Waals surface area contributed by atoms with Crippen molar-refractivity contribution in [1.29, 1.82) is 0 Å². The molecule has 2 N–H and O–H groups in total. The summed E-state index contributed by atoms with van der Waals surface area (Å²) in [5.41, 5.74) is 0.872. The van der Waals surface area contributed by atoms with Crippen LogP contribution in [0.1, 0.15) is 32.4 Å². The molecule has 5 heteroatoms. The third kappa shape index (κ3) is 2.96. The standard InChI is InChI=1S/C11H16IN3O/c1-6(2)5-8-9(12)10(16)15-11(14-8)13-7-3-4-7/h6-7H,3-5H2,1-2H3,(H2,13,14,15,16). The van der Waals surface area contributed by atoms with Crippen LogP contribution in [0.5, 0.6) is 0 Å². The number of rotatable bonds is 4. The molecule has 4 nitrogen and oxygen atoms in total. The second kappa shape index (κ2) is 4.73. The summed E-state index contributed by atoms with van der Waals surface area (Å²) in [6.45, 7) is 4.26. The molecule has 1 aromatic heterocycles. The van der Waals surface area contributed by atoms with E-state index in [1.165, 1.54) is 12.8 Å². The highest BCUT2D eigenvalue weighted by Gasteiger charge is 2.22. The van der Waals surface area contributed by atoms with Gasteiger partial charge in [-0.15, -0.1) is 0 Å². The summed E-state index contributed by atoms with van der Waals surface area (Å²) in [6, 6.07) is 0.509. The Morgan fingerprint density at radius 2 is 2.25 bits per heavy atom. The second-order valence-corrected chi connectivity index (χ2v) is 5.77. The molecule has 1 saturated carbocycles. The number of aromatic amines is 1. The molecule has 1 aliphatic carbocycles. The summed E-state index contributed by atoms with van der Waals surface area (Å²) in [7, 11) is 0. The van der Waals surface area contributed by atoms with E-state index in [1.807, 2.05) is 0 Å². The smallest absolute Gasteiger partial charge is 0.265 e. The number of anilines is 1. The lowest BCUT2D eigenvalue weighted by Gasteiger charge is -2.09. The van der Waals surface area contributed by atoms with Crippen LogP contribution < -0.4 is 10.9 Å². The van der Waals surface area contributed by atoms with Gasteiger partial charge in [0.2, 0.25) is 5.95 Å². The summed E-state index contributed by atoms with van der Waals surface area (Å²) in [6.07, 6.45) is 3.20. The van der Waals surface area contributed by atoms with Gasteiger partial charge in [0, 0.05) is 6.04 Å². The largest absolute Gasteiger partial charge is 0.353 e. The molecule has 2 rings (SSSR count). The van der Waals surface area contributed by atoms with E-state index in [-0.39, 0.29) is 5.56 Å². The molecule has 0 bridgehead atoms. The van der Waals surface area contributed by atoms with Gasteiger partial charge in [0.25, 0.3) is 5.56 Å². The zero-order valence-corrected chi connectivity index (χ0v) is 11.7. The highest BCUT2D eigenvalue weighted by molar-refractivity contribution is 14.1. The second-order valence-electron chi connectivity index (χ2n) is 4.69. The number of aromatic nitrogens is 2. The number of nitrogens with one attached hydrogen (secondary N) is 2. The Morgan fingerprint density at radius 1 is 1.56 bits per heavy atom. The van der Waals surface area contributed by atoms with E-state index >= 15 is 0 Å². The topological polar surface area (TPSA) is 57.8 Å². The molecule has 88 valence electrons. The molecule has 0 spiro atoms. The Morgan fingerprint density at radius 3 is 2.81 bits per heavy atom. The van der Waals surface area contributed by atoms with Gasteiger partial charge in [-0.1, -0.05) is 13.8 Å². The molecule has 0 saturated heterocycles. The fourth-order valence-corrected chi connectivity index (χ4v) is 1.99. The van der Waals surface area contributed by atoms with Crippen molar-refractivity contribution in [3.63, 3.8) is 0 Å². The monoisotopic (exact) mass is 333 g/mol. The molecule has 1 heterocycles. The third-order valence-electron chi connectivity index (χ3n) is 2.45. The van der Waals surface area contributed by atoms with Crippen LogP contribution in [-0.2, 0) is 6.42 Å². The molecule has 0 atom stereocenters. The van der Waals surface area contributed by atoms with Crippen molar-refractivity contribution in [1.82, 2.24) is 9.97 Å². The van der Waals surface area contributed by atoms with Gasteiger partial charge in [0.1, 0.15) is 0 Å². The van der Waals surface area contributed by atoms with E-state index in [2.05, 4.69) is 51.7 Å². The SMILES string of the molecule is CC(C)Cc1nc(NC2CC2)[nH]c(=O)c1I. The summed E-state index contributed by atoms with van der Waals surface area (Å²) >= 11 is 2.07. The number of halogens is 1. The predicted molar refractivity (Wildman–Crippen MR) is 72.8 cm³/mol. The molecular weight excluding hydrogens is 317 g/mol. The van der Waals surface area contributed by atoms with Gasteiger partial charge >= 0.3 is 0 Å². The summed E-state index contributed by atoms with van der Waals surface area (Å²) < 4.78 is 0.715. The molecule has 0 unspecified atom stereocenters. The van der Waals surface area contributed by atoms with Crippen molar-refractivity contribution in [2.75, 3.05) is 5.32 Å². The van der Waals surface area contributed by atoms with Gasteiger partial charge < -0.3 is 5.32 Å². The van der Waals surface area contributed by atoms with Crippen molar-refractivity contribution < 1.29 is 0 Å². The summed E-state index contributed by atoms with van der Waals surface area (Å²) in [5.74, 6) is 1.14. The number of hydrogen-bond donors (Lipinski definition) is 2. The van der Waals surface area contributed by atoms with Crippen molar-refractivity contribution in [3.05, 3.63) is 19.6 Å². The van der Waals surface area contributed by atoms with Gasteiger partial charge in [-0.3, -0.25) is 9.78 Å². The first-order valence-corrected chi connectivity index (χ1v) is 6.69. The van der Waals surface area contributed by atoms with E-state index in [1.54, 1.807) is 0 Å². The molecule has 0 aromatic carbocycles. The first-order valence-electron chi connectivity index (χ1n) is 5.61. The molecule has 1 aliphatic rings. The molecule has 0 radical (unpaired) electrons. The molecule has 1 fully saturated rings. The zero-order chi connectivity index (χ0) is 11.7. The van der Waals surface area contributed by atoms with E-state index in [0.717, 1.165) is 12.1 Å². The highest BCUT2D eigenvalue weighted by Crippen LogP contribution is 2.23. The van der Waals surface area contributed by atoms with E-state index in [0.29, 0.717) is 21.5 Å². The fraction of sp³-hybridized carbons (Fsp3) is 0.636. The molecule has 1 aromatic rings. The average Bonchev–Trinajstić information content (AvgIpc) is 2.96. The minimum absolute atomic E-state index is 0.0330. The Balaban J connectivity index is 2.26. The maximum Gasteiger partial charge on any atom is 0.265 e. The van der Waals surface area contributed by atoms with Gasteiger partial charge in [0.05, 0.1) is 9.26 Å². The molecule has 0 amide bonds. The molecule has 0 aliphatic heterocycles. The lowest BCUT2D eigenvalue weighted by molar-refractivity contribution is 0.631. The summed E-state index contributed by atoms with van der Waals surface area (Å²) in [4.78, 5) is 19.0. The maximum atomic E-state index is 11.7. The molecular formula is C11H16IN3O. The van der Waals surface area contributed by atoms with Crippen molar-refractivity contribution >= 4 is 28.5 Å². The lowest BCUT2D eigenvalue weighted by atomic mass is 10.1. The van der Waals surface area contributed by atoms with Crippen LogP contribution >= 0.6 is 22.6 Å². The fourth-order valence-electron chi connectivity index (χ4n) is 1.52. The predicted octanol–water partition coefficient (Wildman–Crippen LogP) is 2.15. The minimum atomic E-state index is -0.0330. The number of nitrogens with zero attached hydrogens (tertiary/aromatic N) is 1. The Bertz CT molecular complexity index is 437. The lowest BCUT2D eigenvalue weighted by Crippen LogP contribution is -2.20. The van der Waals surface area contributed by atoms with Gasteiger partial charge in [-0.05, 0) is 47.8 Å². The Hall–Kier alpha value is -0.590. The highest BCUT2D eigenvalue weighted by atomic mass is 127. The molecule has 16 heavy (non-hydrogen) atoms. The average molecular weight is 333 g/mol. The van der Waals surface area contributed by atoms with Crippen LogP contribution in [-0.4, -0.2) is 16.0 Å². The van der Waals surface area contributed by atoms with Crippen molar-refractivity contribution in [2.45, 2.75) is 39.2 Å². The first-order chi connectivity index (χ1) is 7.56.